The maximum Gasteiger partial charge on any atom is 0.202 e. The van der Waals surface area contributed by atoms with Gasteiger partial charge in [0.05, 0.1) is 13.2 Å². The van der Waals surface area contributed by atoms with E-state index >= 15 is 0 Å². The molecule has 15 heavy (non-hydrogen) atoms. The van der Waals surface area contributed by atoms with Crippen molar-refractivity contribution in [3.05, 3.63) is 5.82 Å². The third-order valence-electron chi connectivity index (χ3n) is 2.17. The van der Waals surface area contributed by atoms with Gasteiger partial charge in [0, 0.05) is 30.5 Å². The first kappa shape index (κ1) is 10.8. The Kier molecular flexibility index (Phi) is 3.87. The summed E-state index contributed by atoms with van der Waals surface area (Å²) in [4.78, 5) is 4.41. The van der Waals surface area contributed by atoms with Crippen LogP contribution in [0.4, 0.5) is 5.13 Å². The highest BCUT2D eigenvalue weighted by molar-refractivity contribution is 7.09. The van der Waals surface area contributed by atoms with Crippen LogP contribution in [0.15, 0.2) is 0 Å². The largest absolute Gasteiger partial charge is 0.378 e. The predicted molar refractivity (Wildman–Crippen MR) is 60.2 cm³/mol. The van der Waals surface area contributed by atoms with Crippen LogP contribution >= 0.6 is 11.5 Å². The van der Waals surface area contributed by atoms with Gasteiger partial charge in [-0.3, -0.25) is 0 Å². The fourth-order valence-corrected chi connectivity index (χ4v) is 1.90. The van der Waals surface area contributed by atoms with Gasteiger partial charge in [-0.25, -0.2) is 4.98 Å². The van der Waals surface area contributed by atoms with E-state index in [-0.39, 0.29) is 0 Å². The van der Waals surface area contributed by atoms with E-state index in [4.69, 9.17) is 10.5 Å². The summed E-state index contributed by atoms with van der Waals surface area (Å²) in [5.41, 5.74) is 5.30. The zero-order valence-corrected chi connectivity index (χ0v) is 9.42. The van der Waals surface area contributed by atoms with Gasteiger partial charge in [-0.05, 0) is 12.8 Å². The lowest BCUT2D eigenvalue weighted by molar-refractivity contribution is 0.151. The summed E-state index contributed by atoms with van der Waals surface area (Å²) < 4.78 is 9.54. The maximum absolute atomic E-state index is 5.30. The fourth-order valence-electron chi connectivity index (χ4n) is 1.23. The normalized spacial score (nSPS) is 15.5. The van der Waals surface area contributed by atoms with E-state index in [9.17, 15) is 0 Å². The molecule has 0 bridgehead atoms. The van der Waals surface area contributed by atoms with E-state index in [2.05, 4.69) is 14.7 Å². The zero-order valence-electron chi connectivity index (χ0n) is 8.61. The minimum atomic E-state index is 0.574. The van der Waals surface area contributed by atoms with Crippen LogP contribution in [0.1, 0.15) is 24.6 Å². The standard InChI is InChI=1S/C9H16N4OS/c10-3-5-14-6-4-11-9-12-8(13-15-9)7-1-2-7/h7H,1-6,10H2,(H,11,12,13). The lowest BCUT2D eigenvalue weighted by Gasteiger charge is -2.02. The number of ether oxygens (including phenoxy) is 1. The molecule has 0 aromatic carbocycles. The topological polar surface area (TPSA) is 73.1 Å². The van der Waals surface area contributed by atoms with Crippen LogP contribution < -0.4 is 11.1 Å². The summed E-state index contributed by atoms with van der Waals surface area (Å²) in [7, 11) is 0. The molecule has 1 aromatic heterocycles. The quantitative estimate of drug-likeness (QED) is 0.675. The third-order valence-corrected chi connectivity index (χ3v) is 2.86. The third kappa shape index (κ3) is 3.40. The van der Waals surface area contributed by atoms with E-state index in [1.165, 1.54) is 24.4 Å². The molecule has 1 fully saturated rings. The van der Waals surface area contributed by atoms with E-state index in [1.54, 1.807) is 0 Å². The van der Waals surface area contributed by atoms with Gasteiger partial charge in [-0.2, -0.15) is 4.37 Å². The number of nitrogens with two attached hydrogens (primary N) is 1. The molecule has 0 atom stereocenters. The van der Waals surface area contributed by atoms with E-state index in [0.717, 1.165) is 17.5 Å². The molecule has 0 spiro atoms. The number of hydrogen-bond donors (Lipinski definition) is 2. The average Bonchev–Trinajstić information content (AvgIpc) is 2.99. The fraction of sp³-hybridized carbons (Fsp3) is 0.778. The van der Waals surface area contributed by atoms with Crippen LogP contribution in [0.25, 0.3) is 0 Å². The maximum atomic E-state index is 5.30. The van der Waals surface area contributed by atoms with E-state index < -0.39 is 0 Å². The number of nitrogens with zero attached hydrogens (tertiary/aromatic N) is 2. The highest BCUT2D eigenvalue weighted by atomic mass is 32.1. The molecule has 1 heterocycles. The first-order valence-electron chi connectivity index (χ1n) is 5.25. The van der Waals surface area contributed by atoms with Crippen LogP contribution in [-0.2, 0) is 4.74 Å². The Bertz CT molecular complexity index is 300. The minimum Gasteiger partial charge on any atom is -0.378 e. The van der Waals surface area contributed by atoms with E-state index in [1.807, 2.05) is 0 Å². The van der Waals surface area contributed by atoms with Crippen molar-refractivity contribution in [2.75, 3.05) is 31.6 Å². The summed E-state index contributed by atoms with van der Waals surface area (Å²) in [5, 5.41) is 4.08. The molecule has 84 valence electrons. The van der Waals surface area contributed by atoms with Crippen LogP contribution in [0.5, 0.6) is 0 Å². The second kappa shape index (κ2) is 5.39. The van der Waals surface area contributed by atoms with Crippen molar-refractivity contribution in [2.45, 2.75) is 18.8 Å². The SMILES string of the molecule is NCCOCCNc1nc(C2CC2)ns1. The van der Waals surface area contributed by atoms with Gasteiger partial charge in [-0.1, -0.05) is 0 Å². The lowest BCUT2D eigenvalue weighted by atomic mass is 10.4. The molecule has 6 heteroatoms. The van der Waals surface area contributed by atoms with Crippen molar-refractivity contribution in [3.8, 4) is 0 Å². The first-order chi connectivity index (χ1) is 7.40. The molecule has 1 aliphatic carbocycles. The van der Waals surface area contributed by atoms with Gasteiger partial charge in [0.2, 0.25) is 5.13 Å². The molecule has 3 N–H and O–H groups in total. The van der Waals surface area contributed by atoms with E-state index in [0.29, 0.717) is 25.7 Å². The average molecular weight is 228 g/mol. The minimum absolute atomic E-state index is 0.574. The predicted octanol–water partition coefficient (Wildman–Crippen LogP) is 0.803. The van der Waals surface area contributed by atoms with Crippen molar-refractivity contribution in [1.29, 1.82) is 0 Å². The molecule has 1 saturated carbocycles. The Morgan fingerprint density at radius 2 is 2.33 bits per heavy atom. The van der Waals surface area contributed by atoms with Crippen molar-refractivity contribution in [3.63, 3.8) is 0 Å². The number of aromatic nitrogens is 2. The van der Waals surface area contributed by atoms with Crippen LogP contribution in [-0.4, -0.2) is 35.7 Å². The Morgan fingerprint density at radius 1 is 1.47 bits per heavy atom. The smallest absolute Gasteiger partial charge is 0.202 e. The Morgan fingerprint density at radius 3 is 3.07 bits per heavy atom. The van der Waals surface area contributed by atoms with Gasteiger partial charge < -0.3 is 15.8 Å². The van der Waals surface area contributed by atoms with Crippen LogP contribution in [0.2, 0.25) is 0 Å². The molecule has 0 saturated heterocycles. The first-order valence-corrected chi connectivity index (χ1v) is 6.03. The molecular weight excluding hydrogens is 212 g/mol. The molecule has 0 radical (unpaired) electrons. The lowest BCUT2D eigenvalue weighted by Crippen LogP contribution is -2.14. The van der Waals surface area contributed by atoms with Gasteiger partial charge in [0.25, 0.3) is 0 Å². The number of rotatable bonds is 7. The summed E-state index contributed by atoms with van der Waals surface area (Å²) in [6.45, 7) is 2.62. The molecular formula is C9H16N4OS. The number of anilines is 1. The second-order valence-corrected chi connectivity index (χ2v) is 4.31. The van der Waals surface area contributed by atoms with Crippen molar-refractivity contribution in [1.82, 2.24) is 9.36 Å². The monoisotopic (exact) mass is 228 g/mol. The second-order valence-electron chi connectivity index (χ2n) is 3.56. The number of hydrogen-bond acceptors (Lipinski definition) is 6. The Hall–Kier alpha value is -0.720. The van der Waals surface area contributed by atoms with Gasteiger partial charge in [0.15, 0.2) is 0 Å². The van der Waals surface area contributed by atoms with Crippen molar-refractivity contribution in [2.24, 2.45) is 5.73 Å². The van der Waals surface area contributed by atoms with Gasteiger partial charge in [-0.15, -0.1) is 0 Å². The van der Waals surface area contributed by atoms with Gasteiger partial charge >= 0.3 is 0 Å². The highest BCUT2D eigenvalue weighted by Gasteiger charge is 2.27. The summed E-state index contributed by atoms with van der Waals surface area (Å²) >= 11 is 1.43. The van der Waals surface area contributed by atoms with Crippen LogP contribution in [0.3, 0.4) is 0 Å². The van der Waals surface area contributed by atoms with Crippen molar-refractivity contribution >= 4 is 16.7 Å². The number of nitrogens with one attached hydrogen (secondary N) is 1. The van der Waals surface area contributed by atoms with Crippen molar-refractivity contribution < 1.29 is 4.74 Å². The molecule has 0 unspecified atom stereocenters. The summed E-state index contributed by atoms with van der Waals surface area (Å²) in [6, 6.07) is 0. The Balaban J connectivity index is 1.64. The molecule has 5 nitrogen and oxygen atoms in total. The zero-order chi connectivity index (χ0) is 10.5. The molecule has 1 aliphatic rings. The molecule has 1 aromatic rings. The molecule has 0 aliphatic heterocycles. The summed E-state index contributed by atoms with van der Waals surface area (Å²) in [5.74, 6) is 1.63. The van der Waals surface area contributed by atoms with Gasteiger partial charge in [0.1, 0.15) is 5.82 Å². The van der Waals surface area contributed by atoms with Crippen LogP contribution in [0, 0.1) is 0 Å². The Labute approximate surface area is 93.2 Å². The molecule has 0 amide bonds. The summed E-state index contributed by atoms with van der Waals surface area (Å²) in [6.07, 6.45) is 2.49. The highest BCUT2D eigenvalue weighted by Crippen LogP contribution is 2.39. The molecule has 2 rings (SSSR count).